The van der Waals surface area contributed by atoms with Gasteiger partial charge in [-0.1, -0.05) is 27.5 Å². The van der Waals surface area contributed by atoms with Crippen LogP contribution in [-0.4, -0.2) is 4.92 Å². The van der Waals surface area contributed by atoms with E-state index in [4.69, 9.17) is 11.6 Å². The van der Waals surface area contributed by atoms with Gasteiger partial charge in [0.25, 0.3) is 5.69 Å². The van der Waals surface area contributed by atoms with Crippen LogP contribution in [0, 0.1) is 21.7 Å². The van der Waals surface area contributed by atoms with Crippen molar-refractivity contribution in [3.63, 3.8) is 0 Å². The fraction of sp³-hybridized carbons (Fsp3) is 0.0769. The molecule has 0 aromatic heterocycles. The Labute approximate surface area is 132 Å². The molecule has 0 amide bonds. The van der Waals surface area contributed by atoms with Gasteiger partial charge in [-0.25, -0.2) is 8.78 Å². The molecule has 0 bridgehead atoms. The fourth-order valence-corrected chi connectivity index (χ4v) is 2.25. The summed E-state index contributed by atoms with van der Waals surface area (Å²) >= 11 is 8.87. The monoisotopic (exact) mass is 376 g/mol. The summed E-state index contributed by atoms with van der Waals surface area (Å²) in [5.41, 5.74) is 0.178. The Balaban J connectivity index is 2.29. The van der Waals surface area contributed by atoms with Crippen molar-refractivity contribution in [2.45, 2.75) is 6.54 Å². The molecule has 110 valence electrons. The summed E-state index contributed by atoms with van der Waals surface area (Å²) in [6, 6.07) is 5.96. The lowest BCUT2D eigenvalue weighted by Gasteiger charge is -2.09. The van der Waals surface area contributed by atoms with Crippen LogP contribution in [0.2, 0.25) is 5.02 Å². The van der Waals surface area contributed by atoms with E-state index < -0.39 is 22.2 Å². The van der Waals surface area contributed by atoms with Gasteiger partial charge in [-0.3, -0.25) is 10.1 Å². The van der Waals surface area contributed by atoms with Crippen LogP contribution in [-0.2, 0) is 6.54 Å². The molecule has 0 aliphatic heterocycles. The van der Waals surface area contributed by atoms with Gasteiger partial charge in [-0.2, -0.15) is 0 Å². The highest BCUT2D eigenvalue weighted by atomic mass is 79.9. The molecule has 0 aliphatic carbocycles. The van der Waals surface area contributed by atoms with Gasteiger partial charge >= 0.3 is 0 Å². The topological polar surface area (TPSA) is 55.2 Å². The van der Waals surface area contributed by atoms with Gasteiger partial charge in [-0.05, 0) is 29.8 Å². The van der Waals surface area contributed by atoms with Gasteiger partial charge in [-0.15, -0.1) is 0 Å². The fourth-order valence-electron chi connectivity index (χ4n) is 1.70. The van der Waals surface area contributed by atoms with Gasteiger partial charge in [0.05, 0.1) is 16.0 Å². The van der Waals surface area contributed by atoms with E-state index in [9.17, 15) is 18.9 Å². The zero-order chi connectivity index (χ0) is 15.6. The minimum absolute atomic E-state index is 0.0579. The number of halogens is 4. The molecule has 1 N–H and O–H groups in total. The molecule has 0 aliphatic rings. The number of nitrogens with one attached hydrogen (secondary N) is 1. The summed E-state index contributed by atoms with van der Waals surface area (Å²) < 4.78 is 27.1. The Morgan fingerprint density at radius 2 is 2.00 bits per heavy atom. The molecule has 0 unspecified atom stereocenters. The summed E-state index contributed by atoms with van der Waals surface area (Å²) in [5, 5.41) is 13.4. The van der Waals surface area contributed by atoms with Crippen molar-refractivity contribution in [2.24, 2.45) is 0 Å². The molecule has 2 rings (SSSR count). The number of benzene rings is 2. The van der Waals surface area contributed by atoms with Gasteiger partial charge in [0, 0.05) is 11.0 Å². The molecular formula is C13H8BrClF2N2O2. The summed E-state index contributed by atoms with van der Waals surface area (Å²) in [6.45, 7) is 0.112. The molecule has 2 aromatic carbocycles. The maximum absolute atomic E-state index is 13.3. The summed E-state index contributed by atoms with van der Waals surface area (Å²) in [6.07, 6.45) is 0. The highest BCUT2D eigenvalue weighted by Crippen LogP contribution is 2.31. The third-order valence-corrected chi connectivity index (χ3v) is 3.78. The summed E-state index contributed by atoms with van der Waals surface area (Å²) in [7, 11) is 0. The van der Waals surface area contributed by atoms with Crippen molar-refractivity contribution in [1.29, 1.82) is 0 Å². The number of rotatable bonds is 4. The van der Waals surface area contributed by atoms with E-state index in [1.807, 2.05) is 0 Å². The lowest BCUT2D eigenvalue weighted by Crippen LogP contribution is -2.04. The van der Waals surface area contributed by atoms with Gasteiger partial charge in [0.2, 0.25) is 0 Å². The van der Waals surface area contributed by atoms with Crippen molar-refractivity contribution >= 4 is 38.9 Å². The Hall–Kier alpha value is -1.73. The number of nitro groups is 1. The molecule has 8 heteroatoms. The van der Waals surface area contributed by atoms with Gasteiger partial charge in [0.1, 0.15) is 17.3 Å². The molecule has 0 spiro atoms. The Morgan fingerprint density at radius 3 is 2.67 bits per heavy atom. The first-order valence-electron chi connectivity index (χ1n) is 5.69. The van der Waals surface area contributed by atoms with Crippen LogP contribution in [0.15, 0.2) is 34.8 Å². The molecule has 0 saturated carbocycles. The molecule has 0 fully saturated rings. The predicted molar refractivity (Wildman–Crippen MR) is 79.5 cm³/mol. The lowest BCUT2D eigenvalue weighted by atomic mass is 10.2. The highest BCUT2D eigenvalue weighted by molar-refractivity contribution is 9.10. The molecule has 2 aromatic rings. The second-order valence-electron chi connectivity index (χ2n) is 4.13. The van der Waals surface area contributed by atoms with E-state index in [0.717, 1.165) is 12.1 Å². The van der Waals surface area contributed by atoms with Crippen LogP contribution in [0.3, 0.4) is 0 Å². The predicted octanol–water partition coefficient (Wildman–Crippen LogP) is 4.90. The molecule has 0 saturated heterocycles. The van der Waals surface area contributed by atoms with E-state index in [1.54, 1.807) is 0 Å². The highest BCUT2D eigenvalue weighted by Gasteiger charge is 2.18. The Morgan fingerprint density at radius 1 is 1.29 bits per heavy atom. The van der Waals surface area contributed by atoms with Crippen LogP contribution in [0.4, 0.5) is 20.2 Å². The van der Waals surface area contributed by atoms with E-state index in [-0.39, 0.29) is 17.3 Å². The van der Waals surface area contributed by atoms with Crippen molar-refractivity contribution in [3.8, 4) is 0 Å². The average molecular weight is 378 g/mol. The zero-order valence-electron chi connectivity index (χ0n) is 10.4. The summed E-state index contributed by atoms with van der Waals surface area (Å²) in [4.78, 5) is 10.2. The number of anilines is 1. The van der Waals surface area contributed by atoms with Crippen molar-refractivity contribution < 1.29 is 13.7 Å². The average Bonchev–Trinajstić information content (AvgIpc) is 2.42. The van der Waals surface area contributed by atoms with E-state index in [0.29, 0.717) is 10.0 Å². The first-order valence-corrected chi connectivity index (χ1v) is 6.87. The SMILES string of the molecule is O=[N+]([O-])c1cc(F)c(Cl)cc1NCc1cc(F)ccc1Br. The van der Waals surface area contributed by atoms with Gasteiger partial charge < -0.3 is 5.32 Å². The van der Waals surface area contributed by atoms with Crippen molar-refractivity contribution in [2.75, 3.05) is 5.32 Å². The van der Waals surface area contributed by atoms with E-state index in [2.05, 4.69) is 21.2 Å². The molecule has 0 radical (unpaired) electrons. The summed E-state index contributed by atoms with van der Waals surface area (Å²) in [5.74, 6) is -1.30. The van der Waals surface area contributed by atoms with E-state index >= 15 is 0 Å². The molecular weight excluding hydrogens is 370 g/mol. The third kappa shape index (κ3) is 3.68. The zero-order valence-corrected chi connectivity index (χ0v) is 12.7. The molecule has 21 heavy (non-hydrogen) atoms. The molecule has 0 atom stereocenters. The quantitative estimate of drug-likeness (QED) is 0.609. The maximum atomic E-state index is 13.3. The van der Waals surface area contributed by atoms with E-state index in [1.165, 1.54) is 18.2 Å². The van der Waals surface area contributed by atoms with Crippen molar-refractivity contribution in [1.82, 2.24) is 0 Å². The van der Waals surface area contributed by atoms with Crippen LogP contribution >= 0.6 is 27.5 Å². The van der Waals surface area contributed by atoms with Crippen LogP contribution in [0.25, 0.3) is 0 Å². The first kappa shape index (κ1) is 15.7. The standard InChI is InChI=1S/C13H8BrClF2N2O2/c14-9-2-1-8(16)3-7(9)6-18-12-4-10(15)11(17)5-13(12)19(20)21/h1-5,18H,6H2. The normalized spacial score (nSPS) is 10.5. The lowest BCUT2D eigenvalue weighted by molar-refractivity contribution is -0.384. The Kier molecular flexibility index (Phi) is 4.74. The van der Waals surface area contributed by atoms with Crippen LogP contribution < -0.4 is 5.32 Å². The minimum atomic E-state index is -0.874. The number of hydrogen-bond acceptors (Lipinski definition) is 3. The first-order chi connectivity index (χ1) is 9.88. The second kappa shape index (κ2) is 6.36. The smallest absolute Gasteiger partial charge is 0.295 e. The Bertz CT molecular complexity index is 713. The molecule has 4 nitrogen and oxygen atoms in total. The number of nitro benzene ring substituents is 1. The number of nitrogens with zero attached hydrogens (tertiary/aromatic N) is 1. The van der Waals surface area contributed by atoms with Crippen LogP contribution in [0.1, 0.15) is 5.56 Å². The molecule has 0 heterocycles. The third-order valence-electron chi connectivity index (χ3n) is 2.71. The number of hydrogen-bond donors (Lipinski definition) is 1. The maximum Gasteiger partial charge on any atom is 0.295 e. The second-order valence-corrected chi connectivity index (χ2v) is 5.39. The minimum Gasteiger partial charge on any atom is -0.375 e. The van der Waals surface area contributed by atoms with Crippen molar-refractivity contribution in [3.05, 3.63) is 67.1 Å². The largest absolute Gasteiger partial charge is 0.375 e. The van der Waals surface area contributed by atoms with Gasteiger partial charge in [0.15, 0.2) is 0 Å². The van der Waals surface area contributed by atoms with Crippen LogP contribution in [0.5, 0.6) is 0 Å².